The highest BCUT2D eigenvalue weighted by atomic mass is 32.1. The van der Waals surface area contributed by atoms with Gasteiger partial charge in [-0.25, -0.2) is 4.79 Å². The Balaban J connectivity index is 2.10. The molecule has 0 saturated heterocycles. The second-order valence-corrected chi connectivity index (χ2v) is 5.81. The summed E-state index contributed by atoms with van der Waals surface area (Å²) in [6, 6.07) is 15.1. The third-order valence-corrected chi connectivity index (χ3v) is 4.68. The number of fused-ring (bicyclic) bond motifs is 1. The molecule has 0 aliphatic carbocycles. The largest absolute Gasteiger partial charge is 0.478 e. The summed E-state index contributed by atoms with van der Waals surface area (Å²) >= 11 is 1.50. The molecule has 4 heteroatoms. The van der Waals surface area contributed by atoms with Gasteiger partial charge in [-0.3, -0.25) is 0 Å². The summed E-state index contributed by atoms with van der Waals surface area (Å²) in [6.45, 7) is 1.95. The van der Waals surface area contributed by atoms with Crippen LogP contribution in [0.2, 0.25) is 0 Å². The van der Waals surface area contributed by atoms with Crippen LogP contribution in [0.25, 0.3) is 21.2 Å². The van der Waals surface area contributed by atoms with Crippen molar-refractivity contribution in [2.24, 2.45) is 0 Å². The lowest BCUT2D eigenvalue weighted by molar-refractivity contribution is 0.0697. The molecule has 0 radical (unpaired) electrons. The van der Waals surface area contributed by atoms with Crippen LogP contribution in [0.4, 0.5) is 0 Å². The monoisotopic (exact) mass is 293 g/mol. The summed E-state index contributed by atoms with van der Waals surface area (Å²) in [5.74, 6) is -0.927. The summed E-state index contributed by atoms with van der Waals surface area (Å²) in [4.78, 5) is 11.6. The first-order valence-corrected chi connectivity index (χ1v) is 7.19. The van der Waals surface area contributed by atoms with Gasteiger partial charge in [0.1, 0.15) is 10.9 Å². The van der Waals surface area contributed by atoms with Gasteiger partial charge in [0, 0.05) is 4.70 Å². The fourth-order valence-electron chi connectivity index (χ4n) is 2.31. The maximum absolute atomic E-state index is 10.9. The third-order valence-electron chi connectivity index (χ3n) is 3.50. The standard InChI is InChI=1S/C17H11NO2S/c1-10-14-8-13(6-7-15(14)21-16(10)9-18)11-2-4-12(5-3-11)17(19)20/h2-8H,1H3,(H,19,20). The SMILES string of the molecule is Cc1c(C#N)sc2ccc(-c3ccc(C(=O)O)cc3)cc12. The minimum Gasteiger partial charge on any atom is -0.478 e. The van der Waals surface area contributed by atoms with Gasteiger partial charge in [0.05, 0.1) is 5.56 Å². The van der Waals surface area contributed by atoms with Crippen LogP contribution in [0.5, 0.6) is 0 Å². The Bertz CT molecular complexity index is 886. The van der Waals surface area contributed by atoms with E-state index in [1.54, 1.807) is 24.3 Å². The van der Waals surface area contributed by atoms with E-state index in [2.05, 4.69) is 12.1 Å². The minimum absolute atomic E-state index is 0.276. The number of carbonyl (C=O) groups is 1. The summed E-state index contributed by atoms with van der Waals surface area (Å²) < 4.78 is 1.09. The van der Waals surface area contributed by atoms with Crippen LogP contribution < -0.4 is 0 Å². The Morgan fingerprint density at radius 3 is 2.43 bits per heavy atom. The van der Waals surface area contributed by atoms with Crippen molar-refractivity contribution in [3.8, 4) is 17.2 Å². The molecule has 102 valence electrons. The molecule has 3 rings (SSSR count). The zero-order chi connectivity index (χ0) is 15.0. The van der Waals surface area contributed by atoms with Crippen LogP contribution in [0.3, 0.4) is 0 Å². The van der Waals surface area contributed by atoms with E-state index in [1.807, 2.05) is 19.1 Å². The molecule has 1 aromatic heterocycles. The van der Waals surface area contributed by atoms with E-state index in [4.69, 9.17) is 10.4 Å². The van der Waals surface area contributed by atoms with E-state index in [9.17, 15) is 4.79 Å². The molecule has 0 aliphatic heterocycles. The fourth-order valence-corrected chi connectivity index (χ4v) is 3.30. The molecule has 0 atom stereocenters. The zero-order valence-corrected chi connectivity index (χ0v) is 12.1. The van der Waals surface area contributed by atoms with E-state index >= 15 is 0 Å². The van der Waals surface area contributed by atoms with Crippen molar-refractivity contribution in [2.45, 2.75) is 6.92 Å². The molecule has 0 spiro atoms. The van der Waals surface area contributed by atoms with Crippen molar-refractivity contribution in [1.82, 2.24) is 0 Å². The molecule has 21 heavy (non-hydrogen) atoms. The normalized spacial score (nSPS) is 10.5. The van der Waals surface area contributed by atoms with Crippen molar-refractivity contribution in [3.05, 3.63) is 58.5 Å². The lowest BCUT2D eigenvalue weighted by Crippen LogP contribution is -1.94. The van der Waals surface area contributed by atoms with Crippen LogP contribution in [-0.4, -0.2) is 11.1 Å². The minimum atomic E-state index is -0.927. The number of thiophene rings is 1. The maximum Gasteiger partial charge on any atom is 0.335 e. The number of hydrogen-bond acceptors (Lipinski definition) is 3. The van der Waals surface area contributed by atoms with Crippen LogP contribution >= 0.6 is 11.3 Å². The highest BCUT2D eigenvalue weighted by molar-refractivity contribution is 7.19. The fraction of sp³-hybridized carbons (Fsp3) is 0.0588. The van der Waals surface area contributed by atoms with Gasteiger partial charge >= 0.3 is 5.97 Å². The quantitative estimate of drug-likeness (QED) is 0.759. The smallest absolute Gasteiger partial charge is 0.335 e. The lowest BCUT2D eigenvalue weighted by atomic mass is 10.0. The van der Waals surface area contributed by atoms with Gasteiger partial charge in [0.15, 0.2) is 0 Å². The maximum atomic E-state index is 10.9. The second kappa shape index (κ2) is 5.04. The number of aryl methyl sites for hydroxylation is 1. The van der Waals surface area contributed by atoms with Gasteiger partial charge in [-0.05, 0) is 53.3 Å². The molecule has 1 heterocycles. The van der Waals surface area contributed by atoms with Gasteiger partial charge in [-0.2, -0.15) is 5.26 Å². The highest BCUT2D eigenvalue weighted by Gasteiger charge is 2.09. The van der Waals surface area contributed by atoms with Gasteiger partial charge in [0.25, 0.3) is 0 Å². The zero-order valence-electron chi connectivity index (χ0n) is 11.3. The molecule has 3 aromatic rings. The Kier molecular flexibility index (Phi) is 3.20. The number of rotatable bonds is 2. The van der Waals surface area contributed by atoms with Gasteiger partial charge < -0.3 is 5.11 Å². The molecule has 2 aromatic carbocycles. The van der Waals surface area contributed by atoms with E-state index < -0.39 is 5.97 Å². The van der Waals surface area contributed by atoms with Crippen LogP contribution in [0.15, 0.2) is 42.5 Å². The van der Waals surface area contributed by atoms with Crippen molar-refractivity contribution < 1.29 is 9.90 Å². The van der Waals surface area contributed by atoms with Crippen molar-refractivity contribution in [3.63, 3.8) is 0 Å². The van der Waals surface area contributed by atoms with Gasteiger partial charge in [-0.1, -0.05) is 18.2 Å². The van der Waals surface area contributed by atoms with E-state index in [-0.39, 0.29) is 5.56 Å². The van der Waals surface area contributed by atoms with Gasteiger partial charge in [-0.15, -0.1) is 11.3 Å². The predicted molar refractivity (Wildman–Crippen MR) is 83.7 cm³/mol. The molecule has 0 amide bonds. The number of carboxylic acid groups (broad SMARTS) is 1. The van der Waals surface area contributed by atoms with Crippen LogP contribution in [-0.2, 0) is 0 Å². The van der Waals surface area contributed by atoms with Crippen LogP contribution in [0, 0.1) is 18.3 Å². The van der Waals surface area contributed by atoms with Crippen molar-refractivity contribution in [2.75, 3.05) is 0 Å². The first-order valence-electron chi connectivity index (χ1n) is 6.37. The first-order chi connectivity index (χ1) is 10.1. The molecule has 0 unspecified atom stereocenters. The molecule has 0 bridgehead atoms. The molecular formula is C17H11NO2S. The van der Waals surface area contributed by atoms with Crippen molar-refractivity contribution in [1.29, 1.82) is 5.26 Å². The average molecular weight is 293 g/mol. The molecular weight excluding hydrogens is 282 g/mol. The number of hydrogen-bond donors (Lipinski definition) is 1. The molecule has 0 saturated carbocycles. The van der Waals surface area contributed by atoms with Gasteiger partial charge in [0.2, 0.25) is 0 Å². The van der Waals surface area contributed by atoms with Crippen LogP contribution in [0.1, 0.15) is 20.8 Å². The number of nitriles is 1. The molecule has 3 nitrogen and oxygen atoms in total. The predicted octanol–water partition coefficient (Wildman–Crippen LogP) is 4.45. The number of nitrogens with zero attached hydrogens (tertiary/aromatic N) is 1. The number of carboxylic acids is 1. The average Bonchev–Trinajstić information content (AvgIpc) is 2.83. The topological polar surface area (TPSA) is 61.1 Å². The van der Waals surface area contributed by atoms with E-state index in [0.717, 1.165) is 31.7 Å². The molecule has 0 fully saturated rings. The van der Waals surface area contributed by atoms with E-state index in [1.165, 1.54) is 11.3 Å². The summed E-state index contributed by atoms with van der Waals surface area (Å²) in [7, 11) is 0. The number of benzene rings is 2. The lowest BCUT2D eigenvalue weighted by Gasteiger charge is -2.03. The summed E-state index contributed by atoms with van der Waals surface area (Å²) in [5, 5.41) is 19.1. The Labute approximate surface area is 125 Å². The molecule has 1 N–H and O–H groups in total. The molecule has 0 aliphatic rings. The van der Waals surface area contributed by atoms with Crippen molar-refractivity contribution >= 4 is 27.4 Å². The first kappa shape index (κ1) is 13.3. The summed E-state index contributed by atoms with van der Waals surface area (Å²) in [6.07, 6.45) is 0. The third kappa shape index (κ3) is 2.28. The van der Waals surface area contributed by atoms with E-state index in [0.29, 0.717) is 0 Å². The highest BCUT2D eigenvalue weighted by Crippen LogP contribution is 2.33. The Morgan fingerprint density at radius 1 is 1.14 bits per heavy atom. The summed E-state index contributed by atoms with van der Waals surface area (Å²) in [5.41, 5.74) is 3.26. The Hall–Kier alpha value is -2.64. The number of aromatic carboxylic acids is 1. The second-order valence-electron chi connectivity index (χ2n) is 4.76. The Morgan fingerprint density at radius 2 is 1.81 bits per heavy atom.